The first-order chi connectivity index (χ1) is 7.86. The third-order valence-electron chi connectivity index (χ3n) is 2.56. The average molecular weight is 236 g/mol. The predicted molar refractivity (Wildman–Crippen MR) is 66.6 cm³/mol. The molecule has 3 nitrogen and oxygen atoms in total. The van der Waals surface area contributed by atoms with E-state index in [4.69, 9.17) is 0 Å². The van der Waals surface area contributed by atoms with E-state index >= 15 is 0 Å². The molecule has 0 bridgehead atoms. The number of piperazine rings is 1. The van der Waals surface area contributed by atoms with Gasteiger partial charge in [-0.2, -0.15) is 0 Å². The summed E-state index contributed by atoms with van der Waals surface area (Å²) in [4.78, 5) is 14.7. The molecule has 1 aromatic rings. The van der Waals surface area contributed by atoms with Gasteiger partial charge in [-0.1, -0.05) is 18.2 Å². The molecule has 1 aliphatic heterocycles. The van der Waals surface area contributed by atoms with Crippen LogP contribution in [0.3, 0.4) is 0 Å². The third kappa shape index (κ3) is 3.25. The number of rotatable bonds is 4. The number of benzene rings is 1. The number of thioether (sulfide) groups is 1. The smallest absolute Gasteiger partial charge is 0.236 e. The molecule has 0 radical (unpaired) electrons. The lowest BCUT2D eigenvalue weighted by molar-refractivity contribution is -0.131. The van der Waals surface area contributed by atoms with Crippen LogP contribution in [0, 0.1) is 0 Å². The van der Waals surface area contributed by atoms with Crippen LogP contribution in [0.2, 0.25) is 0 Å². The normalized spacial score (nSPS) is 16.5. The molecule has 1 saturated heterocycles. The molecule has 1 fully saturated rings. The fraction of sp³-hybridized carbons (Fsp3) is 0.417. The molecule has 16 heavy (non-hydrogen) atoms. The Morgan fingerprint density at radius 1 is 1.31 bits per heavy atom. The Morgan fingerprint density at radius 3 is 2.88 bits per heavy atom. The fourth-order valence-corrected chi connectivity index (χ4v) is 2.57. The van der Waals surface area contributed by atoms with E-state index in [1.165, 1.54) is 4.90 Å². The highest BCUT2D eigenvalue weighted by molar-refractivity contribution is 7.99. The number of hydrogen-bond donors (Lipinski definition) is 1. The van der Waals surface area contributed by atoms with Crippen molar-refractivity contribution in [1.82, 2.24) is 10.2 Å². The predicted octanol–water partition coefficient (Wildman–Crippen LogP) is 1.21. The van der Waals surface area contributed by atoms with Gasteiger partial charge >= 0.3 is 0 Å². The standard InChI is InChI=1S/C12H16N2OS/c15-12-10-13-6-7-14(12)8-9-16-11-4-2-1-3-5-11/h1-5,13H,6-10H2. The number of carbonyl (C=O) groups is 1. The lowest BCUT2D eigenvalue weighted by Crippen LogP contribution is -2.48. The van der Waals surface area contributed by atoms with Crippen molar-refractivity contribution in [3.63, 3.8) is 0 Å². The molecule has 0 saturated carbocycles. The molecule has 0 unspecified atom stereocenters. The highest BCUT2D eigenvalue weighted by atomic mass is 32.2. The second kappa shape index (κ2) is 5.92. The summed E-state index contributed by atoms with van der Waals surface area (Å²) in [5, 5.41) is 3.07. The van der Waals surface area contributed by atoms with Crippen molar-refractivity contribution in [3.8, 4) is 0 Å². The maximum Gasteiger partial charge on any atom is 0.236 e. The lowest BCUT2D eigenvalue weighted by Gasteiger charge is -2.27. The first-order valence-electron chi connectivity index (χ1n) is 5.52. The van der Waals surface area contributed by atoms with E-state index in [2.05, 4.69) is 17.4 Å². The quantitative estimate of drug-likeness (QED) is 0.798. The summed E-state index contributed by atoms with van der Waals surface area (Å²) in [5.41, 5.74) is 0. The number of nitrogens with zero attached hydrogens (tertiary/aromatic N) is 1. The van der Waals surface area contributed by atoms with Crippen LogP contribution < -0.4 is 5.32 Å². The van der Waals surface area contributed by atoms with Gasteiger partial charge in [0.05, 0.1) is 6.54 Å². The van der Waals surface area contributed by atoms with Crippen LogP contribution in [0.5, 0.6) is 0 Å². The third-order valence-corrected chi connectivity index (χ3v) is 3.55. The highest BCUT2D eigenvalue weighted by Gasteiger charge is 2.16. The van der Waals surface area contributed by atoms with E-state index in [0.717, 1.165) is 25.4 Å². The zero-order valence-electron chi connectivity index (χ0n) is 9.19. The van der Waals surface area contributed by atoms with Gasteiger partial charge in [0.1, 0.15) is 0 Å². The number of hydrogen-bond acceptors (Lipinski definition) is 3. The van der Waals surface area contributed by atoms with Crippen molar-refractivity contribution in [1.29, 1.82) is 0 Å². The zero-order valence-corrected chi connectivity index (χ0v) is 10.0. The maximum atomic E-state index is 11.5. The van der Waals surface area contributed by atoms with Gasteiger partial charge in [-0.05, 0) is 12.1 Å². The fourth-order valence-electron chi connectivity index (χ4n) is 1.67. The van der Waals surface area contributed by atoms with Crippen molar-refractivity contribution in [3.05, 3.63) is 30.3 Å². The van der Waals surface area contributed by atoms with Gasteiger partial charge in [-0.15, -0.1) is 11.8 Å². The van der Waals surface area contributed by atoms with Crippen LogP contribution in [0.1, 0.15) is 0 Å². The summed E-state index contributed by atoms with van der Waals surface area (Å²) >= 11 is 1.80. The Labute approximate surface area is 100 Å². The van der Waals surface area contributed by atoms with Gasteiger partial charge in [0, 0.05) is 30.3 Å². The molecule has 1 amide bonds. The molecular weight excluding hydrogens is 220 g/mol. The minimum Gasteiger partial charge on any atom is -0.339 e. The largest absolute Gasteiger partial charge is 0.339 e. The average Bonchev–Trinajstić information content (AvgIpc) is 2.33. The topological polar surface area (TPSA) is 32.3 Å². The summed E-state index contributed by atoms with van der Waals surface area (Å²) in [7, 11) is 0. The molecule has 0 atom stereocenters. The summed E-state index contributed by atoms with van der Waals surface area (Å²) in [6.45, 7) is 3.10. The summed E-state index contributed by atoms with van der Waals surface area (Å²) in [5.74, 6) is 1.19. The van der Waals surface area contributed by atoms with E-state index in [1.54, 1.807) is 11.8 Å². The molecule has 2 rings (SSSR count). The molecule has 0 spiro atoms. The van der Waals surface area contributed by atoms with E-state index in [9.17, 15) is 4.79 Å². The monoisotopic (exact) mass is 236 g/mol. The van der Waals surface area contributed by atoms with E-state index in [-0.39, 0.29) is 5.91 Å². The number of nitrogens with one attached hydrogen (secondary N) is 1. The van der Waals surface area contributed by atoms with Gasteiger partial charge in [0.2, 0.25) is 5.91 Å². The first kappa shape index (κ1) is 11.5. The van der Waals surface area contributed by atoms with E-state index in [1.807, 2.05) is 23.1 Å². The molecule has 1 N–H and O–H groups in total. The Kier molecular flexibility index (Phi) is 4.25. The van der Waals surface area contributed by atoms with Crippen molar-refractivity contribution >= 4 is 17.7 Å². The minimum atomic E-state index is 0.222. The highest BCUT2D eigenvalue weighted by Crippen LogP contribution is 2.16. The van der Waals surface area contributed by atoms with Crippen molar-refractivity contribution in [2.24, 2.45) is 0 Å². The number of carbonyl (C=O) groups excluding carboxylic acids is 1. The SMILES string of the molecule is O=C1CNCCN1CCSc1ccccc1. The molecular formula is C12H16N2OS. The van der Waals surface area contributed by atoms with Crippen LogP contribution in [-0.4, -0.2) is 42.7 Å². The molecule has 0 aromatic heterocycles. The lowest BCUT2D eigenvalue weighted by atomic mass is 10.3. The van der Waals surface area contributed by atoms with Crippen molar-refractivity contribution in [2.75, 3.05) is 31.9 Å². The second-order valence-corrected chi connectivity index (χ2v) is 4.89. The molecule has 1 aliphatic rings. The first-order valence-corrected chi connectivity index (χ1v) is 6.51. The summed E-state index contributed by atoms with van der Waals surface area (Å²) in [6, 6.07) is 10.3. The van der Waals surface area contributed by atoms with Crippen molar-refractivity contribution in [2.45, 2.75) is 4.90 Å². The number of amides is 1. The molecule has 0 aliphatic carbocycles. The van der Waals surface area contributed by atoms with Crippen LogP contribution in [-0.2, 0) is 4.79 Å². The van der Waals surface area contributed by atoms with Gasteiger partial charge < -0.3 is 10.2 Å². The van der Waals surface area contributed by atoms with Crippen LogP contribution in [0.4, 0.5) is 0 Å². The summed E-state index contributed by atoms with van der Waals surface area (Å²) < 4.78 is 0. The van der Waals surface area contributed by atoms with E-state index in [0.29, 0.717) is 6.54 Å². The van der Waals surface area contributed by atoms with Gasteiger partial charge in [-0.3, -0.25) is 4.79 Å². The molecule has 1 heterocycles. The van der Waals surface area contributed by atoms with Gasteiger partial charge in [0.15, 0.2) is 0 Å². The Bertz CT molecular complexity index is 342. The van der Waals surface area contributed by atoms with Crippen LogP contribution in [0.25, 0.3) is 0 Å². The zero-order chi connectivity index (χ0) is 11.2. The van der Waals surface area contributed by atoms with Gasteiger partial charge in [-0.25, -0.2) is 0 Å². The molecule has 4 heteroatoms. The van der Waals surface area contributed by atoms with Crippen LogP contribution in [0.15, 0.2) is 35.2 Å². The van der Waals surface area contributed by atoms with Crippen molar-refractivity contribution < 1.29 is 4.79 Å². The minimum absolute atomic E-state index is 0.222. The second-order valence-electron chi connectivity index (χ2n) is 3.72. The maximum absolute atomic E-state index is 11.5. The molecule has 1 aromatic carbocycles. The Morgan fingerprint density at radius 2 is 2.12 bits per heavy atom. The summed E-state index contributed by atoms with van der Waals surface area (Å²) in [6.07, 6.45) is 0. The van der Waals surface area contributed by atoms with Crippen LogP contribution >= 0.6 is 11.8 Å². The molecule has 86 valence electrons. The Hall–Kier alpha value is -1.00. The Balaban J connectivity index is 1.73. The van der Waals surface area contributed by atoms with Gasteiger partial charge in [0.25, 0.3) is 0 Å². The van der Waals surface area contributed by atoms with E-state index < -0.39 is 0 Å².